The third kappa shape index (κ3) is 2.60. The summed E-state index contributed by atoms with van der Waals surface area (Å²) >= 11 is 0. The van der Waals surface area contributed by atoms with Gasteiger partial charge in [-0.3, -0.25) is 0 Å². The Hall–Kier alpha value is -0.0800. The van der Waals surface area contributed by atoms with E-state index >= 15 is 0 Å². The van der Waals surface area contributed by atoms with E-state index in [0.717, 1.165) is 17.9 Å². The van der Waals surface area contributed by atoms with Crippen LogP contribution in [0.2, 0.25) is 0 Å². The van der Waals surface area contributed by atoms with Crippen molar-refractivity contribution in [3.05, 3.63) is 0 Å². The molecule has 2 heteroatoms. The molecule has 1 atom stereocenters. The third-order valence-corrected chi connectivity index (χ3v) is 4.38. The molecule has 1 unspecified atom stereocenters. The van der Waals surface area contributed by atoms with E-state index in [1.54, 1.807) is 0 Å². The molecule has 2 aliphatic rings. The van der Waals surface area contributed by atoms with Gasteiger partial charge >= 0.3 is 0 Å². The van der Waals surface area contributed by atoms with E-state index in [0.29, 0.717) is 5.54 Å². The Morgan fingerprint density at radius 3 is 2.38 bits per heavy atom. The van der Waals surface area contributed by atoms with Crippen LogP contribution in [0.15, 0.2) is 0 Å². The SMILES string of the molecule is CC(C)CNC1(C2CCN(C(C)C)C2)CC1. The lowest BCUT2D eigenvalue weighted by Crippen LogP contribution is -2.42. The molecule has 1 saturated heterocycles. The van der Waals surface area contributed by atoms with Gasteiger partial charge in [0.25, 0.3) is 0 Å². The molecule has 1 saturated carbocycles. The number of hydrogen-bond acceptors (Lipinski definition) is 2. The summed E-state index contributed by atoms with van der Waals surface area (Å²) in [6.07, 6.45) is 4.23. The molecule has 94 valence electrons. The molecule has 1 heterocycles. The summed E-state index contributed by atoms with van der Waals surface area (Å²) < 4.78 is 0. The second kappa shape index (κ2) is 4.66. The van der Waals surface area contributed by atoms with E-state index in [4.69, 9.17) is 0 Å². The monoisotopic (exact) mass is 224 g/mol. The Kier molecular flexibility index (Phi) is 3.60. The van der Waals surface area contributed by atoms with Crippen molar-refractivity contribution in [1.29, 1.82) is 0 Å². The van der Waals surface area contributed by atoms with Crippen molar-refractivity contribution in [1.82, 2.24) is 10.2 Å². The van der Waals surface area contributed by atoms with Gasteiger partial charge < -0.3 is 10.2 Å². The molecule has 0 bridgehead atoms. The third-order valence-electron chi connectivity index (χ3n) is 4.38. The highest BCUT2D eigenvalue weighted by atomic mass is 15.2. The van der Waals surface area contributed by atoms with E-state index in [9.17, 15) is 0 Å². The Morgan fingerprint density at radius 2 is 1.94 bits per heavy atom. The van der Waals surface area contributed by atoms with Crippen molar-refractivity contribution in [2.24, 2.45) is 11.8 Å². The van der Waals surface area contributed by atoms with Crippen molar-refractivity contribution in [2.45, 2.75) is 58.5 Å². The van der Waals surface area contributed by atoms with Crippen LogP contribution in [-0.4, -0.2) is 36.1 Å². The molecule has 1 aliphatic heterocycles. The lowest BCUT2D eigenvalue weighted by molar-refractivity contribution is 0.244. The van der Waals surface area contributed by atoms with Gasteiger partial charge in [0, 0.05) is 18.1 Å². The molecule has 1 N–H and O–H groups in total. The first-order chi connectivity index (χ1) is 7.53. The average molecular weight is 224 g/mol. The smallest absolute Gasteiger partial charge is 0.0223 e. The van der Waals surface area contributed by atoms with E-state index in [-0.39, 0.29) is 0 Å². The molecular weight excluding hydrogens is 196 g/mol. The molecule has 0 spiro atoms. The predicted octanol–water partition coefficient (Wildman–Crippen LogP) is 2.49. The summed E-state index contributed by atoms with van der Waals surface area (Å²) in [5.74, 6) is 1.69. The number of rotatable bonds is 5. The first-order valence-corrected chi connectivity index (χ1v) is 7.02. The largest absolute Gasteiger partial charge is 0.311 e. The maximum absolute atomic E-state index is 3.84. The van der Waals surface area contributed by atoms with Gasteiger partial charge in [0.1, 0.15) is 0 Å². The molecule has 0 aromatic carbocycles. The fraction of sp³-hybridized carbons (Fsp3) is 1.00. The predicted molar refractivity (Wildman–Crippen MR) is 69.6 cm³/mol. The van der Waals surface area contributed by atoms with Gasteiger partial charge in [-0.15, -0.1) is 0 Å². The molecule has 0 aromatic heterocycles. The highest BCUT2D eigenvalue weighted by Gasteiger charge is 2.50. The van der Waals surface area contributed by atoms with Gasteiger partial charge in [-0.05, 0) is 58.0 Å². The van der Waals surface area contributed by atoms with Gasteiger partial charge in [-0.25, -0.2) is 0 Å². The second-order valence-electron chi connectivity index (χ2n) is 6.51. The Morgan fingerprint density at radius 1 is 1.25 bits per heavy atom. The Bertz CT molecular complexity index is 231. The quantitative estimate of drug-likeness (QED) is 0.772. The maximum atomic E-state index is 3.84. The van der Waals surface area contributed by atoms with E-state index in [1.807, 2.05) is 0 Å². The van der Waals surface area contributed by atoms with Crippen LogP contribution in [-0.2, 0) is 0 Å². The molecule has 0 aromatic rings. The normalized spacial score (nSPS) is 29.2. The van der Waals surface area contributed by atoms with Gasteiger partial charge in [0.2, 0.25) is 0 Å². The topological polar surface area (TPSA) is 15.3 Å². The summed E-state index contributed by atoms with van der Waals surface area (Å²) in [6, 6.07) is 0.728. The molecule has 2 fully saturated rings. The van der Waals surface area contributed by atoms with Crippen molar-refractivity contribution in [3.63, 3.8) is 0 Å². The van der Waals surface area contributed by atoms with Crippen molar-refractivity contribution in [2.75, 3.05) is 19.6 Å². The number of hydrogen-bond donors (Lipinski definition) is 1. The Labute approximate surface area is 101 Å². The second-order valence-corrected chi connectivity index (χ2v) is 6.51. The standard InChI is InChI=1S/C14H28N2/c1-11(2)9-15-14(6-7-14)13-5-8-16(10-13)12(3)4/h11-13,15H,5-10H2,1-4H3. The van der Waals surface area contributed by atoms with E-state index in [2.05, 4.69) is 37.9 Å². The zero-order chi connectivity index (χ0) is 11.8. The minimum Gasteiger partial charge on any atom is -0.311 e. The van der Waals surface area contributed by atoms with Gasteiger partial charge in [0.05, 0.1) is 0 Å². The zero-order valence-corrected chi connectivity index (χ0v) is 11.4. The molecule has 1 aliphatic carbocycles. The molecule has 2 nitrogen and oxygen atoms in total. The van der Waals surface area contributed by atoms with Crippen LogP contribution in [0.25, 0.3) is 0 Å². The van der Waals surface area contributed by atoms with Crippen LogP contribution < -0.4 is 5.32 Å². The number of likely N-dealkylation sites (tertiary alicyclic amines) is 1. The van der Waals surface area contributed by atoms with Gasteiger partial charge in [-0.2, -0.15) is 0 Å². The van der Waals surface area contributed by atoms with Crippen molar-refractivity contribution >= 4 is 0 Å². The lowest BCUT2D eigenvalue weighted by Gasteiger charge is -2.27. The van der Waals surface area contributed by atoms with Crippen LogP contribution in [0.4, 0.5) is 0 Å². The van der Waals surface area contributed by atoms with Crippen molar-refractivity contribution < 1.29 is 0 Å². The lowest BCUT2D eigenvalue weighted by atomic mass is 9.95. The van der Waals surface area contributed by atoms with Crippen LogP contribution in [0.1, 0.15) is 47.0 Å². The molecule has 0 radical (unpaired) electrons. The maximum Gasteiger partial charge on any atom is 0.0223 e. The highest BCUT2D eigenvalue weighted by Crippen LogP contribution is 2.46. The summed E-state index contributed by atoms with van der Waals surface area (Å²) in [5, 5.41) is 3.84. The van der Waals surface area contributed by atoms with Crippen molar-refractivity contribution in [3.8, 4) is 0 Å². The van der Waals surface area contributed by atoms with Crippen LogP contribution >= 0.6 is 0 Å². The van der Waals surface area contributed by atoms with Crippen LogP contribution in [0.5, 0.6) is 0 Å². The molecule has 0 amide bonds. The van der Waals surface area contributed by atoms with Crippen LogP contribution in [0.3, 0.4) is 0 Å². The minimum absolute atomic E-state index is 0.536. The summed E-state index contributed by atoms with van der Waals surface area (Å²) in [7, 11) is 0. The van der Waals surface area contributed by atoms with Gasteiger partial charge in [0.15, 0.2) is 0 Å². The van der Waals surface area contributed by atoms with Crippen LogP contribution in [0, 0.1) is 11.8 Å². The summed E-state index contributed by atoms with van der Waals surface area (Å²) in [5.41, 5.74) is 0.536. The summed E-state index contributed by atoms with van der Waals surface area (Å²) in [4.78, 5) is 2.64. The first kappa shape index (κ1) is 12.4. The van der Waals surface area contributed by atoms with E-state index < -0.39 is 0 Å². The molecular formula is C14H28N2. The fourth-order valence-electron chi connectivity index (χ4n) is 2.98. The molecule has 2 rings (SSSR count). The molecule has 16 heavy (non-hydrogen) atoms. The summed E-state index contributed by atoms with van der Waals surface area (Å²) in [6.45, 7) is 13.1. The van der Waals surface area contributed by atoms with Gasteiger partial charge in [-0.1, -0.05) is 13.8 Å². The average Bonchev–Trinajstić information content (AvgIpc) is 2.83. The highest BCUT2D eigenvalue weighted by molar-refractivity contribution is 5.09. The number of nitrogens with zero attached hydrogens (tertiary/aromatic N) is 1. The number of nitrogens with one attached hydrogen (secondary N) is 1. The first-order valence-electron chi connectivity index (χ1n) is 7.02. The zero-order valence-electron chi connectivity index (χ0n) is 11.4. The fourth-order valence-corrected chi connectivity index (χ4v) is 2.98. The minimum atomic E-state index is 0.536. The van der Waals surface area contributed by atoms with E-state index in [1.165, 1.54) is 38.9 Å². The Balaban J connectivity index is 1.84.